The van der Waals surface area contributed by atoms with Gasteiger partial charge in [-0.2, -0.15) is 0 Å². The van der Waals surface area contributed by atoms with Crippen molar-refractivity contribution >= 4 is 40.0 Å². The Kier molecular flexibility index (Phi) is 5.31. The van der Waals surface area contributed by atoms with Gasteiger partial charge in [-0.05, 0) is 46.7 Å². The number of Topliss-reactive ketones (excluding diaryl/α,β-unsaturated/α-hetero) is 1. The van der Waals surface area contributed by atoms with Gasteiger partial charge in [-0.3, -0.25) is 4.79 Å². The Labute approximate surface area is 136 Å². The first kappa shape index (κ1) is 15.2. The molecule has 0 fully saturated rings. The smallest absolute Gasteiger partial charge is 0.186 e. The van der Waals surface area contributed by atoms with Crippen LogP contribution in [0, 0.1) is 3.70 Å². The Balaban J connectivity index is 2.14. The summed E-state index contributed by atoms with van der Waals surface area (Å²) < 4.78 is 2.47. The minimum atomic E-state index is -0.00310. The van der Waals surface area contributed by atoms with Crippen molar-refractivity contribution in [3.8, 4) is 0 Å². The zero-order valence-electron chi connectivity index (χ0n) is 10.7. The predicted octanol–water partition coefficient (Wildman–Crippen LogP) is 3.73. The minimum Gasteiger partial charge on any atom is -0.292 e. The van der Waals surface area contributed by atoms with Gasteiger partial charge < -0.3 is 0 Å². The van der Waals surface area contributed by atoms with Crippen LogP contribution in [0.1, 0.15) is 28.9 Å². The van der Waals surface area contributed by atoms with Crippen molar-refractivity contribution in [1.29, 1.82) is 0 Å². The van der Waals surface area contributed by atoms with Gasteiger partial charge >= 0.3 is 0 Å². The Morgan fingerprint density at radius 3 is 2.75 bits per heavy atom. The largest absolute Gasteiger partial charge is 0.292 e. The fraction of sp³-hybridized carbons (Fsp3) is 0.214. The molecule has 0 unspecified atom stereocenters. The fourth-order valence-electron chi connectivity index (χ4n) is 1.69. The number of carbonyl (C=O) groups excluding carboxylic acids is 1. The number of hydrogen-bond acceptors (Lipinski definition) is 3. The molecule has 0 saturated carbocycles. The molecular weight excluding hydrogens is 389 g/mol. The molecule has 0 spiro atoms. The highest BCUT2D eigenvalue weighted by atomic mass is 127. The summed E-state index contributed by atoms with van der Waals surface area (Å²) in [6.45, 7) is 4.18. The zero-order chi connectivity index (χ0) is 14.5. The molecule has 104 valence electrons. The molecule has 20 heavy (non-hydrogen) atoms. The van der Waals surface area contributed by atoms with E-state index < -0.39 is 0 Å². The second-order valence-corrected chi connectivity index (χ2v) is 5.72. The van der Waals surface area contributed by atoms with Crippen LogP contribution in [0.5, 0.6) is 0 Å². The van der Waals surface area contributed by atoms with Gasteiger partial charge in [0.2, 0.25) is 0 Å². The van der Waals surface area contributed by atoms with E-state index in [1.165, 1.54) is 0 Å². The molecule has 1 aromatic carbocycles. The van der Waals surface area contributed by atoms with Crippen LogP contribution in [0.2, 0.25) is 5.02 Å². The molecule has 6 heteroatoms. The molecule has 2 aromatic rings. The Morgan fingerprint density at radius 1 is 1.40 bits per heavy atom. The first-order chi connectivity index (χ1) is 9.61. The van der Waals surface area contributed by atoms with Gasteiger partial charge in [0.1, 0.15) is 3.70 Å². The van der Waals surface area contributed by atoms with E-state index in [-0.39, 0.29) is 5.78 Å². The van der Waals surface area contributed by atoms with E-state index in [0.717, 1.165) is 9.26 Å². The van der Waals surface area contributed by atoms with Crippen LogP contribution in [0.4, 0.5) is 0 Å². The summed E-state index contributed by atoms with van der Waals surface area (Å²) in [5, 5.41) is 8.72. The second-order valence-electron chi connectivity index (χ2n) is 4.26. The highest BCUT2D eigenvalue weighted by Gasteiger charge is 2.17. The van der Waals surface area contributed by atoms with E-state index in [4.69, 9.17) is 11.6 Å². The molecular formula is C14H13ClIN3O. The van der Waals surface area contributed by atoms with Crippen LogP contribution in [0.15, 0.2) is 36.9 Å². The predicted molar refractivity (Wildman–Crippen MR) is 87.1 cm³/mol. The summed E-state index contributed by atoms with van der Waals surface area (Å²) >= 11 is 7.95. The molecule has 2 rings (SSSR count). The second kappa shape index (κ2) is 6.99. The Morgan fingerprint density at radius 2 is 2.10 bits per heavy atom. The third kappa shape index (κ3) is 3.67. The van der Waals surface area contributed by atoms with Crippen LogP contribution >= 0.6 is 34.2 Å². The van der Waals surface area contributed by atoms with Crippen molar-refractivity contribution in [2.24, 2.45) is 0 Å². The maximum Gasteiger partial charge on any atom is 0.186 e. The fourth-order valence-corrected chi connectivity index (χ4v) is 2.49. The van der Waals surface area contributed by atoms with Crippen molar-refractivity contribution in [2.45, 2.75) is 19.4 Å². The lowest BCUT2D eigenvalue weighted by atomic mass is 10.2. The Hall–Kier alpha value is -1.21. The van der Waals surface area contributed by atoms with E-state index in [2.05, 4.69) is 39.5 Å². The highest BCUT2D eigenvalue weighted by Crippen LogP contribution is 2.15. The van der Waals surface area contributed by atoms with Crippen molar-refractivity contribution in [1.82, 2.24) is 15.0 Å². The van der Waals surface area contributed by atoms with Crippen molar-refractivity contribution < 1.29 is 4.79 Å². The number of aromatic nitrogens is 3. The van der Waals surface area contributed by atoms with E-state index in [1.54, 1.807) is 10.8 Å². The first-order valence-corrected chi connectivity index (χ1v) is 7.55. The van der Waals surface area contributed by atoms with E-state index >= 15 is 0 Å². The van der Waals surface area contributed by atoms with Crippen LogP contribution < -0.4 is 0 Å². The molecule has 0 aliphatic rings. The lowest BCUT2D eigenvalue weighted by Gasteiger charge is -2.03. The summed E-state index contributed by atoms with van der Waals surface area (Å²) in [6.07, 6.45) is 2.79. The summed E-state index contributed by atoms with van der Waals surface area (Å²) in [5.74, 6) is -0.00310. The van der Waals surface area contributed by atoms with Crippen LogP contribution in [0.25, 0.3) is 0 Å². The zero-order valence-corrected chi connectivity index (χ0v) is 13.6. The van der Waals surface area contributed by atoms with Crippen LogP contribution in [0.3, 0.4) is 0 Å². The monoisotopic (exact) mass is 401 g/mol. The molecule has 0 N–H and O–H groups in total. The number of ketones is 1. The van der Waals surface area contributed by atoms with Gasteiger partial charge in [-0.25, -0.2) is 4.68 Å². The lowest BCUT2D eigenvalue weighted by molar-refractivity contribution is 0.0978. The number of carbonyl (C=O) groups is 1. The molecule has 0 aliphatic carbocycles. The number of allylic oxidation sites excluding steroid dienone is 1. The van der Waals surface area contributed by atoms with Crippen molar-refractivity contribution in [3.63, 3.8) is 0 Å². The molecule has 0 bridgehead atoms. The van der Waals surface area contributed by atoms with E-state index in [1.807, 2.05) is 24.3 Å². The van der Waals surface area contributed by atoms with Crippen LogP contribution in [-0.2, 0) is 6.54 Å². The summed E-state index contributed by atoms with van der Waals surface area (Å²) in [4.78, 5) is 11.9. The molecule has 0 amide bonds. The van der Waals surface area contributed by atoms with Crippen molar-refractivity contribution in [2.75, 3.05) is 0 Å². The number of benzene rings is 1. The summed E-state index contributed by atoms with van der Waals surface area (Å²) in [7, 11) is 0. The molecule has 1 heterocycles. The van der Waals surface area contributed by atoms with E-state index in [0.29, 0.717) is 30.1 Å². The normalized spacial score (nSPS) is 10.5. The molecule has 1 aromatic heterocycles. The number of halogens is 2. The Bertz CT molecular complexity index is 622. The van der Waals surface area contributed by atoms with Crippen LogP contribution in [-0.4, -0.2) is 20.8 Å². The van der Waals surface area contributed by atoms with Gasteiger partial charge in [-0.1, -0.05) is 35.0 Å². The van der Waals surface area contributed by atoms with Gasteiger partial charge in [-0.15, -0.1) is 11.7 Å². The average Bonchev–Trinajstić information content (AvgIpc) is 2.80. The van der Waals surface area contributed by atoms with Gasteiger partial charge in [0.05, 0.1) is 6.54 Å². The molecule has 0 atom stereocenters. The van der Waals surface area contributed by atoms with Gasteiger partial charge in [0, 0.05) is 11.4 Å². The van der Waals surface area contributed by atoms with Gasteiger partial charge in [0.15, 0.2) is 11.5 Å². The maximum atomic E-state index is 11.9. The number of rotatable bonds is 6. The molecule has 4 nitrogen and oxygen atoms in total. The maximum absolute atomic E-state index is 11.9. The summed E-state index contributed by atoms with van der Waals surface area (Å²) in [6, 6.07) is 7.52. The average molecular weight is 402 g/mol. The number of hydrogen-bond donors (Lipinski definition) is 0. The molecule has 0 aliphatic heterocycles. The summed E-state index contributed by atoms with van der Waals surface area (Å²) in [5.41, 5.74) is 1.49. The van der Waals surface area contributed by atoms with Crippen molar-refractivity contribution in [3.05, 3.63) is 56.9 Å². The topological polar surface area (TPSA) is 47.8 Å². The lowest BCUT2D eigenvalue weighted by Crippen LogP contribution is -2.06. The molecule has 0 radical (unpaired) electrons. The van der Waals surface area contributed by atoms with E-state index in [9.17, 15) is 4.79 Å². The standard InChI is InChI=1S/C14H13ClIN3O/c1-2-3-4-12(20)13-14(16)19(18-17-13)9-10-5-7-11(15)8-6-10/h2,5-8H,1,3-4,9H2. The highest BCUT2D eigenvalue weighted by molar-refractivity contribution is 14.1. The first-order valence-electron chi connectivity index (χ1n) is 6.09. The minimum absolute atomic E-state index is 0.00310. The SMILES string of the molecule is C=CCCC(=O)c1nnn(Cc2ccc(Cl)cc2)c1I. The van der Waals surface area contributed by atoms with Gasteiger partial charge in [0.25, 0.3) is 0 Å². The number of nitrogens with zero attached hydrogens (tertiary/aromatic N) is 3. The third-order valence-electron chi connectivity index (χ3n) is 2.76. The third-order valence-corrected chi connectivity index (χ3v) is 4.08. The quantitative estimate of drug-likeness (QED) is 0.421. The molecule has 0 saturated heterocycles.